The Morgan fingerprint density at radius 1 is 1.19 bits per heavy atom. The molecular formula is C18H19N3O5. The second-order valence-corrected chi connectivity index (χ2v) is 5.45. The van der Waals surface area contributed by atoms with E-state index in [4.69, 9.17) is 4.74 Å². The molecule has 0 heterocycles. The third-order valence-corrected chi connectivity index (χ3v) is 3.49. The zero-order valence-corrected chi connectivity index (χ0v) is 14.4. The van der Waals surface area contributed by atoms with Crippen LogP contribution in [0.15, 0.2) is 48.5 Å². The number of nitro groups is 1. The molecule has 1 atom stereocenters. The van der Waals surface area contributed by atoms with Gasteiger partial charge in [-0.05, 0) is 44.2 Å². The number of carbonyl (C=O) groups is 2. The van der Waals surface area contributed by atoms with E-state index in [0.29, 0.717) is 18.0 Å². The van der Waals surface area contributed by atoms with Crippen LogP contribution in [-0.2, 0) is 4.79 Å². The number of benzene rings is 2. The summed E-state index contributed by atoms with van der Waals surface area (Å²) in [5.41, 5.74) is 0.485. The quantitative estimate of drug-likeness (QED) is 0.585. The summed E-state index contributed by atoms with van der Waals surface area (Å²) < 4.78 is 5.32. The molecule has 0 spiro atoms. The lowest BCUT2D eigenvalue weighted by atomic mass is 10.1. The topological polar surface area (TPSA) is 111 Å². The number of nitro benzene ring substituents is 1. The second-order valence-electron chi connectivity index (χ2n) is 5.45. The van der Waals surface area contributed by atoms with Crippen molar-refractivity contribution in [3.63, 3.8) is 0 Å². The van der Waals surface area contributed by atoms with E-state index in [1.807, 2.05) is 6.92 Å². The molecule has 0 unspecified atom stereocenters. The van der Waals surface area contributed by atoms with Gasteiger partial charge >= 0.3 is 0 Å². The standard InChI is InChI=1S/C18H19N3O5/c1-3-26-16-9-7-14(8-10-16)20-17(22)12(2)19-18(23)13-5-4-6-15(11-13)21(24)25/h4-12H,3H2,1-2H3,(H,19,23)(H,20,22)/t12-/m0/s1. The number of anilines is 1. The van der Waals surface area contributed by atoms with Gasteiger partial charge in [-0.1, -0.05) is 6.07 Å². The van der Waals surface area contributed by atoms with Gasteiger partial charge in [-0.3, -0.25) is 19.7 Å². The molecule has 0 fully saturated rings. The van der Waals surface area contributed by atoms with Crippen LogP contribution in [0, 0.1) is 10.1 Å². The summed E-state index contributed by atoms with van der Waals surface area (Å²) in [6.07, 6.45) is 0. The SMILES string of the molecule is CCOc1ccc(NC(=O)[C@H](C)NC(=O)c2cccc([N+](=O)[O-])c2)cc1. The van der Waals surface area contributed by atoms with Crippen LogP contribution < -0.4 is 15.4 Å². The first-order valence-electron chi connectivity index (χ1n) is 7.99. The van der Waals surface area contributed by atoms with Gasteiger partial charge in [-0.25, -0.2) is 0 Å². The molecule has 0 aromatic heterocycles. The second kappa shape index (κ2) is 8.61. The lowest BCUT2D eigenvalue weighted by molar-refractivity contribution is -0.384. The Bertz CT molecular complexity index is 805. The van der Waals surface area contributed by atoms with Crippen LogP contribution in [0.25, 0.3) is 0 Å². The molecular weight excluding hydrogens is 338 g/mol. The molecule has 0 aliphatic heterocycles. The highest BCUT2D eigenvalue weighted by Crippen LogP contribution is 2.16. The van der Waals surface area contributed by atoms with Crippen molar-refractivity contribution in [2.45, 2.75) is 19.9 Å². The number of nitrogens with zero attached hydrogens (tertiary/aromatic N) is 1. The summed E-state index contributed by atoms with van der Waals surface area (Å²) in [5, 5.41) is 16.0. The largest absolute Gasteiger partial charge is 0.494 e. The molecule has 8 heteroatoms. The van der Waals surface area contributed by atoms with Crippen molar-refractivity contribution >= 4 is 23.2 Å². The van der Waals surface area contributed by atoms with E-state index in [2.05, 4.69) is 10.6 Å². The maximum atomic E-state index is 12.2. The number of amides is 2. The zero-order chi connectivity index (χ0) is 19.1. The van der Waals surface area contributed by atoms with Crippen LogP contribution >= 0.6 is 0 Å². The summed E-state index contributed by atoms with van der Waals surface area (Å²) >= 11 is 0. The Balaban J connectivity index is 1.96. The minimum Gasteiger partial charge on any atom is -0.494 e. The van der Waals surface area contributed by atoms with Gasteiger partial charge in [0.15, 0.2) is 0 Å². The van der Waals surface area contributed by atoms with Gasteiger partial charge in [0, 0.05) is 23.4 Å². The molecule has 2 aromatic carbocycles. The molecule has 2 rings (SSSR count). The maximum Gasteiger partial charge on any atom is 0.270 e. The van der Waals surface area contributed by atoms with Gasteiger partial charge in [0.05, 0.1) is 11.5 Å². The van der Waals surface area contributed by atoms with Crippen LogP contribution in [0.3, 0.4) is 0 Å². The van der Waals surface area contributed by atoms with Gasteiger partial charge in [0.1, 0.15) is 11.8 Å². The molecule has 0 radical (unpaired) electrons. The van der Waals surface area contributed by atoms with Crippen molar-refractivity contribution in [1.82, 2.24) is 5.32 Å². The summed E-state index contributed by atoms with van der Waals surface area (Å²) in [7, 11) is 0. The Hall–Kier alpha value is -3.42. The Labute approximate surface area is 150 Å². The molecule has 2 aromatic rings. The van der Waals surface area contributed by atoms with Gasteiger partial charge in [0.25, 0.3) is 11.6 Å². The molecule has 8 nitrogen and oxygen atoms in total. The highest BCUT2D eigenvalue weighted by molar-refractivity contribution is 6.01. The molecule has 0 bridgehead atoms. The number of hydrogen-bond donors (Lipinski definition) is 2. The average Bonchev–Trinajstić information content (AvgIpc) is 2.63. The van der Waals surface area contributed by atoms with Crippen molar-refractivity contribution in [3.8, 4) is 5.75 Å². The number of nitrogens with one attached hydrogen (secondary N) is 2. The first-order valence-corrected chi connectivity index (χ1v) is 7.99. The monoisotopic (exact) mass is 357 g/mol. The Kier molecular flexibility index (Phi) is 6.26. The van der Waals surface area contributed by atoms with Crippen LogP contribution in [0.1, 0.15) is 24.2 Å². The summed E-state index contributed by atoms with van der Waals surface area (Å²) in [5.74, 6) is -0.284. The van der Waals surface area contributed by atoms with Gasteiger partial charge < -0.3 is 15.4 Å². The number of hydrogen-bond acceptors (Lipinski definition) is 5. The fourth-order valence-corrected chi connectivity index (χ4v) is 2.16. The third-order valence-electron chi connectivity index (χ3n) is 3.49. The van der Waals surface area contributed by atoms with E-state index >= 15 is 0 Å². The fourth-order valence-electron chi connectivity index (χ4n) is 2.16. The molecule has 26 heavy (non-hydrogen) atoms. The predicted molar refractivity (Wildman–Crippen MR) is 96.3 cm³/mol. The highest BCUT2D eigenvalue weighted by atomic mass is 16.6. The van der Waals surface area contributed by atoms with Gasteiger partial charge in [0.2, 0.25) is 5.91 Å². The summed E-state index contributed by atoms with van der Waals surface area (Å²) in [6.45, 7) is 3.95. The number of ether oxygens (including phenoxy) is 1. The third kappa shape index (κ3) is 5.04. The van der Waals surface area contributed by atoms with E-state index in [-0.39, 0.29) is 11.3 Å². The molecule has 2 N–H and O–H groups in total. The molecule has 2 amide bonds. The summed E-state index contributed by atoms with van der Waals surface area (Å²) in [6, 6.07) is 11.3. The van der Waals surface area contributed by atoms with E-state index < -0.39 is 22.8 Å². The minimum atomic E-state index is -0.826. The van der Waals surface area contributed by atoms with Crippen molar-refractivity contribution in [2.24, 2.45) is 0 Å². The number of rotatable bonds is 7. The maximum absolute atomic E-state index is 12.2. The predicted octanol–water partition coefficient (Wildman–Crippen LogP) is 2.75. The zero-order valence-electron chi connectivity index (χ0n) is 14.4. The van der Waals surface area contributed by atoms with Crippen molar-refractivity contribution in [3.05, 3.63) is 64.2 Å². The van der Waals surface area contributed by atoms with E-state index in [1.165, 1.54) is 25.1 Å². The molecule has 136 valence electrons. The first kappa shape index (κ1) is 18.9. The van der Waals surface area contributed by atoms with E-state index in [1.54, 1.807) is 24.3 Å². The van der Waals surface area contributed by atoms with Crippen molar-refractivity contribution in [2.75, 3.05) is 11.9 Å². The van der Waals surface area contributed by atoms with Gasteiger partial charge in [-0.2, -0.15) is 0 Å². The molecule has 0 saturated heterocycles. The van der Waals surface area contributed by atoms with Gasteiger partial charge in [-0.15, -0.1) is 0 Å². The lowest BCUT2D eigenvalue weighted by Crippen LogP contribution is -2.41. The smallest absolute Gasteiger partial charge is 0.270 e. The number of carbonyl (C=O) groups excluding carboxylic acids is 2. The lowest BCUT2D eigenvalue weighted by Gasteiger charge is -2.14. The number of non-ortho nitro benzene ring substituents is 1. The first-order chi connectivity index (χ1) is 12.4. The average molecular weight is 357 g/mol. The van der Waals surface area contributed by atoms with Crippen LogP contribution in [0.5, 0.6) is 5.75 Å². The minimum absolute atomic E-state index is 0.111. The Morgan fingerprint density at radius 3 is 2.50 bits per heavy atom. The van der Waals surface area contributed by atoms with Crippen LogP contribution in [0.4, 0.5) is 11.4 Å². The molecule has 0 aliphatic rings. The van der Waals surface area contributed by atoms with Crippen molar-refractivity contribution in [1.29, 1.82) is 0 Å². The summed E-state index contributed by atoms with van der Waals surface area (Å²) in [4.78, 5) is 34.6. The van der Waals surface area contributed by atoms with Crippen molar-refractivity contribution < 1.29 is 19.2 Å². The van der Waals surface area contributed by atoms with Crippen LogP contribution in [0.2, 0.25) is 0 Å². The Morgan fingerprint density at radius 2 is 1.88 bits per heavy atom. The molecule has 0 saturated carbocycles. The normalized spacial score (nSPS) is 11.3. The van der Waals surface area contributed by atoms with E-state index in [0.717, 1.165) is 6.07 Å². The van der Waals surface area contributed by atoms with Crippen LogP contribution in [-0.4, -0.2) is 29.4 Å². The molecule has 0 aliphatic carbocycles. The van der Waals surface area contributed by atoms with E-state index in [9.17, 15) is 19.7 Å². The fraction of sp³-hybridized carbons (Fsp3) is 0.222. The highest BCUT2D eigenvalue weighted by Gasteiger charge is 2.18.